The molecular weight excluding hydrogens is 393 g/mol. The molecule has 0 aliphatic carbocycles. The van der Waals surface area contributed by atoms with E-state index in [4.69, 9.17) is 23.2 Å². The molecule has 0 saturated carbocycles. The second-order valence-corrected chi connectivity index (χ2v) is 7.69. The van der Waals surface area contributed by atoms with Crippen LogP contribution < -0.4 is 10.2 Å². The zero-order chi connectivity index (χ0) is 18.7. The first-order valence-corrected chi connectivity index (χ1v) is 9.44. The highest BCUT2D eigenvalue weighted by molar-refractivity contribution is 8.15. The Morgan fingerprint density at radius 3 is 2.73 bits per heavy atom. The van der Waals surface area contributed by atoms with E-state index in [1.165, 1.54) is 16.7 Å². The van der Waals surface area contributed by atoms with Gasteiger partial charge in [-0.05, 0) is 37.3 Å². The first-order valence-electron chi connectivity index (χ1n) is 7.80. The lowest BCUT2D eigenvalue weighted by Crippen LogP contribution is -2.33. The quantitative estimate of drug-likeness (QED) is 0.813. The third-order valence-corrected chi connectivity index (χ3v) is 5.27. The van der Waals surface area contributed by atoms with Gasteiger partial charge in [0.1, 0.15) is 6.54 Å². The maximum absolute atomic E-state index is 12.4. The Labute approximate surface area is 165 Å². The molecule has 1 aliphatic heterocycles. The third kappa shape index (κ3) is 4.20. The van der Waals surface area contributed by atoms with E-state index in [0.29, 0.717) is 26.6 Å². The predicted octanol–water partition coefficient (Wildman–Crippen LogP) is 4.46. The van der Waals surface area contributed by atoms with Crippen LogP contribution in [0.4, 0.5) is 11.4 Å². The number of hydrogen-bond donors (Lipinski definition) is 1. The van der Waals surface area contributed by atoms with Crippen molar-refractivity contribution in [2.75, 3.05) is 16.8 Å². The summed E-state index contributed by atoms with van der Waals surface area (Å²) in [6.07, 6.45) is 0. The maximum atomic E-state index is 12.4. The summed E-state index contributed by atoms with van der Waals surface area (Å²) in [4.78, 5) is 30.4. The number of anilines is 2. The number of rotatable bonds is 4. The van der Waals surface area contributed by atoms with Gasteiger partial charge in [0.05, 0.1) is 16.0 Å². The monoisotopic (exact) mass is 407 g/mol. The number of amides is 2. The average Bonchev–Trinajstić information content (AvgIpc) is 2.95. The number of para-hydroxylation sites is 1. The second kappa shape index (κ2) is 8.12. The highest BCUT2D eigenvalue weighted by Crippen LogP contribution is 2.31. The molecule has 134 valence electrons. The van der Waals surface area contributed by atoms with E-state index < -0.39 is 5.25 Å². The number of aliphatic imine (C=N–C) groups is 1. The van der Waals surface area contributed by atoms with Gasteiger partial charge in [0.25, 0.3) is 5.91 Å². The van der Waals surface area contributed by atoms with Crippen molar-refractivity contribution in [2.45, 2.75) is 12.2 Å². The van der Waals surface area contributed by atoms with Crippen LogP contribution in [0.25, 0.3) is 0 Å². The van der Waals surface area contributed by atoms with E-state index in [0.717, 1.165) is 0 Å². The van der Waals surface area contributed by atoms with Gasteiger partial charge < -0.3 is 5.32 Å². The normalized spacial score (nSPS) is 15.0. The van der Waals surface area contributed by atoms with Crippen molar-refractivity contribution in [1.29, 1.82) is 0 Å². The van der Waals surface area contributed by atoms with Crippen molar-refractivity contribution in [1.82, 2.24) is 0 Å². The highest BCUT2D eigenvalue weighted by atomic mass is 35.5. The minimum absolute atomic E-state index is 0.0379. The molecule has 0 radical (unpaired) electrons. The van der Waals surface area contributed by atoms with Crippen molar-refractivity contribution in [3.8, 4) is 0 Å². The summed E-state index contributed by atoms with van der Waals surface area (Å²) in [6, 6.07) is 14.0. The van der Waals surface area contributed by atoms with Crippen LogP contribution in [-0.2, 0) is 9.59 Å². The van der Waals surface area contributed by atoms with Crippen molar-refractivity contribution < 1.29 is 9.59 Å². The van der Waals surface area contributed by atoms with Crippen molar-refractivity contribution in [3.05, 3.63) is 58.6 Å². The number of amidine groups is 1. The maximum Gasteiger partial charge on any atom is 0.254 e. The molecule has 1 N–H and O–H groups in total. The standard InChI is InChI=1S/C18H15Cl2N3O2S/c1-11(17(25)22-13-6-4-5-12(19)9-13)26-18-21-10-16(24)23(18)15-8-3-2-7-14(15)20/h2-9,11H,10H2,1H3,(H,22,25)/t11-/m0/s1. The largest absolute Gasteiger partial charge is 0.325 e. The minimum Gasteiger partial charge on any atom is -0.325 e. The third-order valence-electron chi connectivity index (χ3n) is 3.63. The molecule has 2 aromatic rings. The lowest BCUT2D eigenvalue weighted by molar-refractivity contribution is -0.116. The Balaban J connectivity index is 1.71. The average molecular weight is 408 g/mol. The molecule has 8 heteroatoms. The topological polar surface area (TPSA) is 61.8 Å². The minimum atomic E-state index is -0.469. The van der Waals surface area contributed by atoms with Crippen LogP contribution >= 0.6 is 35.0 Å². The SMILES string of the molecule is C[C@H](SC1=NCC(=O)N1c1ccccc1Cl)C(=O)Nc1cccc(Cl)c1. The summed E-state index contributed by atoms with van der Waals surface area (Å²) in [5.41, 5.74) is 1.17. The van der Waals surface area contributed by atoms with E-state index in [9.17, 15) is 9.59 Å². The zero-order valence-electron chi connectivity index (χ0n) is 13.8. The fourth-order valence-electron chi connectivity index (χ4n) is 2.37. The van der Waals surface area contributed by atoms with Gasteiger partial charge in [-0.25, -0.2) is 0 Å². The Bertz CT molecular complexity index is 888. The second-order valence-electron chi connectivity index (χ2n) is 5.54. The number of thioether (sulfide) groups is 1. The number of nitrogens with one attached hydrogen (secondary N) is 1. The molecule has 1 aliphatic rings. The first-order chi connectivity index (χ1) is 12.5. The summed E-state index contributed by atoms with van der Waals surface area (Å²) in [7, 11) is 0. The Hall–Kier alpha value is -2.02. The van der Waals surface area contributed by atoms with E-state index in [-0.39, 0.29) is 18.4 Å². The van der Waals surface area contributed by atoms with Crippen molar-refractivity contribution >= 4 is 63.3 Å². The summed E-state index contributed by atoms with van der Waals surface area (Å²) < 4.78 is 0. The molecule has 0 unspecified atom stereocenters. The predicted molar refractivity (Wildman–Crippen MR) is 108 cm³/mol. The van der Waals surface area contributed by atoms with E-state index in [1.807, 2.05) is 0 Å². The molecule has 1 heterocycles. The van der Waals surface area contributed by atoms with E-state index >= 15 is 0 Å². The van der Waals surface area contributed by atoms with Crippen molar-refractivity contribution in [3.63, 3.8) is 0 Å². The molecule has 2 aromatic carbocycles. The fourth-order valence-corrected chi connectivity index (χ4v) is 3.70. The van der Waals surface area contributed by atoms with Gasteiger partial charge in [-0.3, -0.25) is 19.5 Å². The molecule has 3 rings (SSSR count). The summed E-state index contributed by atoms with van der Waals surface area (Å²) in [6.45, 7) is 1.79. The molecule has 5 nitrogen and oxygen atoms in total. The Morgan fingerprint density at radius 2 is 2.00 bits per heavy atom. The number of benzene rings is 2. The number of nitrogens with zero attached hydrogens (tertiary/aromatic N) is 2. The van der Waals surface area contributed by atoms with Crippen LogP contribution in [0.5, 0.6) is 0 Å². The molecular formula is C18H15Cl2N3O2S. The van der Waals surface area contributed by atoms with Gasteiger partial charge in [0.15, 0.2) is 5.17 Å². The lowest BCUT2D eigenvalue weighted by atomic mass is 10.3. The number of hydrogen-bond acceptors (Lipinski definition) is 4. The number of halogens is 2. The fraction of sp³-hybridized carbons (Fsp3) is 0.167. The molecule has 2 amide bonds. The van der Waals surface area contributed by atoms with E-state index in [2.05, 4.69) is 10.3 Å². The lowest BCUT2D eigenvalue weighted by Gasteiger charge is -2.21. The van der Waals surface area contributed by atoms with Crippen molar-refractivity contribution in [2.24, 2.45) is 4.99 Å². The molecule has 0 saturated heterocycles. The number of carbonyl (C=O) groups is 2. The Kier molecular flexibility index (Phi) is 5.86. The summed E-state index contributed by atoms with van der Waals surface area (Å²) in [5.74, 6) is -0.388. The smallest absolute Gasteiger partial charge is 0.254 e. The van der Waals surface area contributed by atoms with Crippen LogP contribution in [0.2, 0.25) is 10.0 Å². The van der Waals surface area contributed by atoms with Gasteiger partial charge in [0, 0.05) is 10.7 Å². The van der Waals surface area contributed by atoms with Gasteiger partial charge in [-0.2, -0.15) is 0 Å². The van der Waals surface area contributed by atoms with Crippen LogP contribution in [-0.4, -0.2) is 28.8 Å². The van der Waals surface area contributed by atoms with Gasteiger partial charge in [-0.15, -0.1) is 0 Å². The molecule has 26 heavy (non-hydrogen) atoms. The summed E-state index contributed by atoms with van der Waals surface area (Å²) in [5, 5.41) is 3.78. The van der Waals surface area contributed by atoms with Gasteiger partial charge in [0.2, 0.25) is 5.91 Å². The van der Waals surface area contributed by atoms with Crippen LogP contribution in [0.3, 0.4) is 0 Å². The molecule has 0 bridgehead atoms. The molecule has 0 spiro atoms. The summed E-state index contributed by atoms with van der Waals surface area (Å²) >= 11 is 13.3. The van der Waals surface area contributed by atoms with Crippen LogP contribution in [0.1, 0.15) is 6.92 Å². The number of carbonyl (C=O) groups excluding carboxylic acids is 2. The Morgan fingerprint density at radius 1 is 1.23 bits per heavy atom. The zero-order valence-corrected chi connectivity index (χ0v) is 16.1. The highest BCUT2D eigenvalue weighted by Gasteiger charge is 2.31. The molecule has 0 fully saturated rings. The van der Waals surface area contributed by atoms with E-state index in [1.54, 1.807) is 55.5 Å². The van der Waals surface area contributed by atoms with Crippen LogP contribution in [0, 0.1) is 0 Å². The molecule has 1 atom stereocenters. The molecule has 0 aromatic heterocycles. The van der Waals surface area contributed by atoms with Gasteiger partial charge in [-0.1, -0.05) is 53.2 Å². The first kappa shape index (κ1) is 18.8. The van der Waals surface area contributed by atoms with Crippen LogP contribution in [0.15, 0.2) is 53.5 Å². The van der Waals surface area contributed by atoms with Gasteiger partial charge >= 0.3 is 0 Å².